The molecular formula is C26H29N3O4. The number of ether oxygens (including phenoxy) is 1. The second kappa shape index (κ2) is 8.30. The molecule has 2 amide bonds. The number of carbonyl (C=O) groups excluding carboxylic acids is 3. The van der Waals surface area contributed by atoms with E-state index in [0.717, 1.165) is 29.9 Å². The minimum absolute atomic E-state index is 0.0361. The van der Waals surface area contributed by atoms with E-state index in [1.54, 1.807) is 23.9 Å². The number of para-hydroxylation sites is 2. The largest absolute Gasteiger partial charge is 0.426 e. The van der Waals surface area contributed by atoms with Crippen molar-refractivity contribution in [1.82, 2.24) is 9.80 Å². The Morgan fingerprint density at radius 1 is 1.06 bits per heavy atom. The summed E-state index contributed by atoms with van der Waals surface area (Å²) in [4.78, 5) is 44.3. The SMILES string of the molecule is CN(C)C(=O)[C@@H]1Cc2ccccc2N1C(=O)CCN1CCC2(CC1)C(=O)Oc1ccccc12. The zero-order valence-corrected chi connectivity index (χ0v) is 19.1. The van der Waals surface area contributed by atoms with Gasteiger partial charge in [0.2, 0.25) is 11.8 Å². The average molecular weight is 448 g/mol. The van der Waals surface area contributed by atoms with Crippen LogP contribution in [0.25, 0.3) is 0 Å². The third-order valence-electron chi connectivity index (χ3n) is 7.32. The number of nitrogens with zero attached hydrogens (tertiary/aromatic N) is 3. The first kappa shape index (κ1) is 21.6. The van der Waals surface area contributed by atoms with Crippen LogP contribution in [-0.2, 0) is 26.2 Å². The maximum atomic E-state index is 13.3. The molecule has 0 aliphatic carbocycles. The van der Waals surface area contributed by atoms with Gasteiger partial charge in [0, 0.05) is 44.7 Å². The number of esters is 1. The third kappa shape index (κ3) is 3.60. The molecular weight excluding hydrogens is 418 g/mol. The third-order valence-corrected chi connectivity index (χ3v) is 7.32. The van der Waals surface area contributed by atoms with E-state index in [2.05, 4.69) is 4.90 Å². The topological polar surface area (TPSA) is 70.2 Å². The number of rotatable bonds is 4. The van der Waals surface area contributed by atoms with Gasteiger partial charge in [-0.15, -0.1) is 0 Å². The molecule has 7 nitrogen and oxygen atoms in total. The normalized spacial score (nSPS) is 21.0. The highest BCUT2D eigenvalue weighted by atomic mass is 16.5. The van der Waals surface area contributed by atoms with E-state index in [4.69, 9.17) is 4.74 Å². The number of anilines is 1. The van der Waals surface area contributed by atoms with Crippen LogP contribution in [0.5, 0.6) is 5.75 Å². The summed E-state index contributed by atoms with van der Waals surface area (Å²) in [5, 5.41) is 0. The molecule has 1 spiro atoms. The van der Waals surface area contributed by atoms with Gasteiger partial charge < -0.3 is 14.5 Å². The van der Waals surface area contributed by atoms with Crippen LogP contribution in [0.2, 0.25) is 0 Å². The van der Waals surface area contributed by atoms with E-state index in [1.807, 2.05) is 48.5 Å². The number of benzene rings is 2. The minimum Gasteiger partial charge on any atom is -0.426 e. The molecule has 0 unspecified atom stereocenters. The molecule has 0 saturated carbocycles. The monoisotopic (exact) mass is 447 g/mol. The first-order chi connectivity index (χ1) is 15.9. The van der Waals surface area contributed by atoms with E-state index >= 15 is 0 Å². The molecule has 172 valence electrons. The lowest BCUT2D eigenvalue weighted by atomic mass is 9.74. The molecule has 1 fully saturated rings. The number of hydrogen-bond donors (Lipinski definition) is 0. The quantitative estimate of drug-likeness (QED) is 0.532. The Morgan fingerprint density at radius 2 is 1.76 bits per heavy atom. The number of piperidine rings is 1. The Balaban J connectivity index is 1.25. The Hall–Kier alpha value is -3.19. The second-order valence-corrected chi connectivity index (χ2v) is 9.40. The lowest BCUT2D eigenvalue weighted by Crippen LogP contribution is -2.49. The summed E-state index contributed by atoms with van der Waals surface area (Å²) in [5.74, 6) is 0.428. The van der Waals surface area contributed by atoms with Gasteiger partial charge in [-0.05, 0) is 43.6 Å². The Bertz CT molecular complexity index is 1100. The number of fused-ring (bicyclic) bond motifs is 3. The molecule has 0 N–H and O–H groups in total. The van der Waals surface area contributed by atoms with Crippen molar-refractivity contribution in [1.29, 1.82) is 0 Å². The zero-order valence-electron chi connectivity index (χ0n) is 19.1. The molecule has 3 aliphatic heterocycles. The Kier molecular flexibility index (Phi) is 5.44. The number of carbonyl (C=O) groups is 3. The highest BCUT2D eigenvalue weighted by molar-refractivity contribution is 6.03. The standard InChI is InChI=1S/C26H29N3O4/c1-27(2)24(31)21-17-18-7-3-5-9-20(18)29(21)23(30)11-14-28-15-12-26(13-16-28)19-8-4-6-10-22(19)33-25(26)32/h3-10,21H,11-17H2,1-2H3/t21-/m0/s1. The second-order valence-electron chi connectivity index (χ2n) is 9.40. The van der Waals surface area contributed by atoms with Crippen molar-refractivity contribution in [2.45, 2.75) is 37.1 Å². The summed E-state index contributed by atoms with van der Waals surface area (Å²) in [5.41, 5.74) is 2.30. The number of likely N-dealkylation sites (N-methyl/N-ethyl adjacent to an activating group) is 1. The molecule has 0 radical (unpaired) electrons. The molecule has 3 aliphatic rings. The minimum atomic E-state index is -0.561. The van der Waals surface area contributed by atoms with E-state index in [9.17, 15) is 14.4 Å². The number of likely N-dealkylation sites (tertiary alicyclic amines) is 1. The van der Waals surface area contributed by atoms with Crippen LogP contribution in [0, 0.1) is 0 Å². The van der Waals surface area contributed by atoms with E-state index in [0.29, 0.717) is 38.0 Å². The molecule has 0 aromatic heterocycles. The summed E-state index contributed by atoms with van der Waals surface area (Å²) in [6.07, 6.45) is 2.25. The first-order valence-corrected chi connectivity index (χ1v) is 11.6. The Morgan fingerprint density at radius 3 is 2.52 bits per heavy atom. The van der Waals surface area contributed by atoms with Gasteiger partial charge in [-0.25, -0.2) is 0 Å². The van der Waals surface area contributed by atoms with Crippen LogP contribution in [0.3, 0.4) is 0 Å². The summed E-state index contributed by atoms with van der Waals surface area (Å²) in [6.45, 7) is 2.06. The maximum Gasteiger partial charge on any atom is 0.322 e. The lowest BCUT2D eigenvalue weighted by molar-refractivity contribution is -0.140. The van der Waals surface area contributed by atoms with Crippen LogP contribution in [0.4, 0.5) is 5.69 Å². The van der Waals surface area contributed by atoms with Gasteiger partial charge in [0.25, 0.3) is 0 Å². The predicted molar refractivity (Wildman–Crippen MR) is 124 cm³/mol. The summed E-state index contributed by atoms with van der Waals surface area (Å²) < 4.78 is 5.53. The van der Waals surface area contributed by atoms with Crippen molar-refractivity contribution in [2.75, 3.05) is 38.6 Å². The van der Waals surface area contributed by atoms with Crippen LogP contribution in [-0.4, -0.2) is 67.4 Å². The van der Waals surface area contributed by atoms with Gasteiger partial charge in [-0.3, -0.25) is 19.3 Å². The molecule has 2 aromatic carbocycles. The smallest absolute Gasteiger partial charge is 0.322 e. The molecule has 3 heterocycles. The molecule has 2 aromatic rings. The number of amides is 2. The Labute approximate surface area is 193 Å². The van der Waals surface area contributed by atoms with E-state index < -0.39 is 11.5 Å². The van der Waals surface area contributed by atoms with Crippen LogP contribution in [0.1, 0.15) is 30.4 Å². The van der Waals surface area contributed by atoms with Gasteiger partial charge in [-0.2, -0.15) is 0 Å². The van der Waals surface area contributed by atoms with Gasteiger partial charge in [0.1, 0.15) is 11.8 Å². The fourth-order valence-corrected chi connectivity index (χ4v) is 5.45. The van der Waals surface area contributed by atoms with Gasteiger partial charge in [0.15, 0.2) is 0 Å². The fraction of sp³-hybridized carbons (Fsp3) is 0.423. The van der Waals surface area contributed by atoms with E-state index in [1.165, 1.54) is 0 Å². The van der Waals surface area contributed by atoms with Crippen molar-refractivity contribution >= 4 is 23.5 Å². The maximum absolute atomic E-state index is 13.3. The highest BCUT2D eigenvalue weighted by Crippen LogP contribution is 2.46. The first-order valence-electron chi connectivity index (χ1n) is 11.6. The van der Waals surface area contributed by atoms with Crippen LogP contribution < -0.4 is 9.64 Å². The van der Waals surface area contributed by atoms with Crippen molar-refractivity contribution in [2.24, 2.45) is 0 Å². The molecule has 7 heteroatoms. The van der Waals surface area contributed by atoms with Gasteiger partial charge in [0.05, 0.1) is 5.41 Å². The van der Waals surface area contributed by atoms with Crippen molar-refractivity contribution in [3.05, 3.63) is 59.7 Å². The van der Waals surface area contributed by atoms with Crippen LogP contribution >= 0.6 is 0 Å². The van der Waals surface area contributed by atoms with Crippen molar-refractivity contribution in [3.8, 4) is 5.75 Å². The van der Waals surface area contributed by atoms with Crippen molar-refractivity contribution in [3.63, 3.8) is 0 Å². The average Bonchev–Trinajstić information content (AvgIpc) is 3.34. The molecule has 1 saturated heterocycles. The molecule has 5 rings (SSSR count). The number of hydrogen-bond acceptors (Lipinski definition) is 5. The lowest BCUT2D eigenvalue weighted by Gasteiger charge is -2.37. The van der Waals surface area contributed by atoms with E-state index in [-0.39, 0.29) is 17.8 Å². The molecule has 1 atom stereocenters. The summed E-state index contributed by atoms with van der Waals surface area (Å²) >= 11 is 0. The van der Waals surface area contributed by atoms with Crippen molar-refractivity contribution < 1.29 is 19.1 Å². The molecule has 33 heavy (non-hydrogen) atoms. The molecule has 0 bridgehead atoms. The highest BCUT2D eigenvalue weighted by Gasteiger charge is 2.50. The summed E-state index contributed by atoms with van der Waals surface area (Å²) in [6, 6.07) is 15.0. The van der Waals surface area contributed by atoms with Gasteiger partial charge in [-0.1, -0.05) is 36.4 Å². The summed E-state index contributed by atoms with van der Waals surface area (Å²) in [7, 11) is 3.45. The van der Waals surface area contributed by atoms with Gasteiger partial charge >= 0.3 is 5.97 Å². The van der Waals surface area contributed by atoms with Crippen LogP contribution in [0.15, 0.2) is 48.5 Å². The fourth-order valence-electron chi connectivity index (χ4n) is 5.45. The zero-order chi connectivity index (χ0) is 23.2. The predicted octanol–water partition coefficient (Wildman–Crippen LogP) is 2.38.